The monoisotopic (exact) mass is 416 g/mol. The normalized spacial score (nSPS) is 12.8. The van der Waals surface area contributed by atoms with Gasteiger partial charge in [0, 0.05) is 11.5 Å². The highest BCUT2D eigenvalue weighted by atomic mass is 16.1. The first-order valence-corrected chi connectivity index (χ1v) is 11.7. The van der Waals surface area contributed by atoms with Crippen LogP contribution in [0.2, 0.25) is 0 Å². The lowest BCUT2D eigenvalue weighted by Crippen LogP contribution is -2.23. The summed E-state index contributed by atoms with van der Waals surface area (Å²) in [6, 6.07) is 15.0. The smallest absolute Gasteiger partial charge is 0.166 e. The summed E-state index contributed by atoms with van der Waals surface area (Å²) in [4.78, 5) is 13.0. The third-order valence-electron chi connectivity index (χ3n) is 5.39. The molecule has 0 radical (unpaired) electrons. The molecule has 0 fully saturated rings. The van der Waals surface area contributed by atoms with Crippen LogP contribution in [0.5, 0.6) is 0 Å². The minimum absolute atomic E-state index is 0.00839. The fourth-order valence-corrected chi connectivity index (χ4v) is 3.68. The van der Waals surface area contributed by atoms with Crippen LogP contribution in [0, 0.1) is 18.8 Å². The van der Waals surface area contributed by atoms with Crippen molar-refractivity contribution in [3.63, 3.8) is 0 Å². The number of carbonyl (C=O) groups excluding carboxylic acids is 1. The van der Waals surface area contributed by atoms with Crippen LogP contribution in [-0.4, -0.2) is 5.78 Å². The Bertz CT molecular complexity index is 912. The fourth-order valence-electron chi connectivity index (χ4n) is 3.68. The van der Waals surface area contributed by atoms with Gasteiger partial charge in [-0.1, -0.05) is 109 Å². The van der Waals surface area contributed by atoms with E-state index in [1.54, 1.807) is 0 Å². The molecule has 0 spiro atoms. The van der Waals surface area contributed by atoms with Gasteiger partial charge in [0.15, 0.2) is 5.78 Å². The molecule has 0 N–H and O–H groups in total. The van der Waals surface area contributed by atoms with Crippen LogP contribution in [0.25, 0.3) is 17.2 Å². The lowest BCUT2D eigenvalue weighted by molar-refractivity contribution is -0.120. The Morgan fingerprint density at radius 2 is 1.77 bits per heavy atom. The van der Waals surface area contributed by atoms with Gasteiger partial charge in [0.25, 0.3) is 0 Å². The Kier molecular flexibility index (Phi) is 11.6. The number of hydrogen-bond acceptors (Lipinski definition) is 1. The molecule has 1 heteroatoms. The van der Waals surface area contributed by atoms with E-state index >= 15 is 0 Å². The average Bonchev–Trinajstić information content (AvgIpc) is 3.35. The number of carbonyl (C=O) groups is 1. The number of Topliss-reactive ketones (excluding diaryl/α,β-unsaturated/α-hetero) is 1. The quantitative estimate of drug-likeness (QED) is 0.441. The lowest BCUT2D eigenvalue weighted by atomic mass is 9.82. The molecule has 0 bridgehead atoms. The van der Waals surface area contributed by atoms with Crippen molar-refractivity contribution < 1.29 is 4.79 Å². The van der Waals surface area contributed by atoms with Crippen LogP contribution < -0.4 is 0 Å². The van der Waals surface area contributed by atoms with E-state index in [0.717, 1.165) is 24.0 Å². The van der Waals surface area contributed by atoms with Crippen molar-refractivity contribution in [2.75, 3.05) is 0 Å². The molecule has 0 saturated heterocycles. The molecule has 1 aliphatic carbocycles. The summed E-state index contributed by atoms with van der Waals surface area (Å²) in [5, 5.41) is 0. The van der Waals surface area contributed by atoms with Crippen molar-refractivity contribution in [2.45, 2.75) is 61.3 Å². The molecule has 2 aromatic rings. The Hall–Kier alpha value is -2.67. The summed E-state index contributed by atoms with van der Waals surface area (Å²) in [6.45, 7) is 18.3. The molecule has 0 amide bonds. The van der Waals surface area contributed by atoms with Crippen molar-refractivity contribution in [3.8, 4) is 11.1 Å². The maximum Gasteiger partial charge on any atom is 0.166 e. The van der Waals surface area contributed by atoms with Crippen LogP contribution >= 0.6 is 0 Å². The summed E-state index contributed by atoms with van der Waals surface area (Å²) < 4.78 is 0. The van der Waals surface area contributed by atoms with Crippen LogP contribution in [0.3, 0.4) is 0 Å². The zero-order chi connectivity index (χ0) is 23.4. The topological polar surface area (TPSA) is 17.1 Å². The van der Waals surface area contributed by atoms with Gasteiger partial charge in [-0.15, -0.1) is 0 Å². The maximum atomic E-state index is 13.0. The van der Waals surface area contributed by atoms with Crippen LogP contribution in [0.1, 0.15) is 64.7 Å². The van der Waals surface area contributed by atoms with Gasteiger partial charge in [0.1, 0.15) is 0 Å². The van der Waals surface area contributed by atoms with E-state index in [1.807, 2.05) is 45.9 Å². The number of hydrogen-bond donors (Lipinski definition) is 0. The number of benzene rings is 2. The molecule has 31 heavy (non-hydrogen) atoms. The SMILES string of the molecule is C=Cc1cccc(-c2cc(CC(C(=O)C3=CCC=C3)C(C)C)ccc2C)c1.CC.CC. The van der Waals surface area contributed by atoms with Crippen LogP contribution in [0.4, 0.5) is 0 Å². The van der Waals surface area contributed by atoms with Crippen molar-refractivity contribution in [1.82, 2.24) is 0 Å². The molecule has 3 rings (SSSR count). The minimum atomic E-state index is 0.00839. The Morgan fingerprint density at radius 1 is 1.06 bits per heavy atom. The van der Waals surface area contributed by atoms with Gasteiger partial charge in [-0.05, 0) is 59.6 Å². The van der Waals surface area contributed by atoms with Crippen molar-refractivity contribution in [3.05, 3.63) is 89.5 Å². The summed E-state index contributed by atoms with van der Waals surface area (Å²) in [6.07, 6.45) is 9.59. The summed E-state index contributed by atoms with van der Waals surface area (Å²) in [7, 11) is 0. The largest absolute Gasteiger partial charge is 0.294 e. The highest BCUT2D eigenvalue weighted by Crippen LogP contribution is 2.29. The first-order chi connectivity index (χ1) is 15.0. The minimum Gasteiger partial charge on any atom is -0.294 e. The predicted molar refractivity (Wildman–Crippen MR) is 138 cm³/mol. The lowest BCUT2D eigenvalue weighted by Gasteiger charge is -2.21. The second kappa shape index (κ2) is 13.6. The molecule has 2 aromatic carbocycles. The first kappa shape index (κ1) is 26.4. The number of ketones is 1. The number of aryl methyl sites for hydroxylation is 1. The van der Waals surface area contributed by atoms with Crippen molar-refractivity contribution >= 4 is 11.9 Å². The summed E-state index contributed by atoms with van der Waals surface area (Å²) >= 11 is 0. The zero-order valence-corrected chi connectivity index (χ0v) is 20.5. The average molecular weight is 417 g/mol. The van der Waals surface area contributed by atoms with E-state index in [1.165, 1.54) is 22.3 Å². The van der Waals surface area contributed by atoms with Crippen LogP contribution in [0.15, 0.2) is 72.8 Å². The van der Waals surface area contributed by atoms with E-state index in [2.05, 4.69) is 75.9 Å². The van der Waals surface area contributed by atoms with E-state index in [-0.39, 0.29) is 11.7 Å². The van der Waals surface area contributed by atoms with Crippen molar-refractivity contribution in [2.24, 2.45) is 11.8 Å². The van der Waals surface area contributed by atoms with E-state index in [9.17, 15) is 4.79 Å². The third kappa shape index (κ3) is 7.21. The highest BCUT2D eigenvalue weighted by molar-refractivity contribution is 6.00. The molecule has 0 aromatic heterocycles. The Balaban J connectivity index is 0.00000113. The van der Waals surface area contributed by atoms with E-state index in [0.29, 0.717) is 5.92 Å². The number of rotatable bonds is 7. The first-order valence-electron chi connectivity index (χ1n) is 11.7. The Labute approximate surface area is 190 Å². The van der Waals surface area contributed by atoms with E-state index in [4.69, 9.17) is 0 Å². The molecule has 0 saturated carbocycles. The molecule has 1 aliphatic rings. The van der Waals surface area contributed by atoms with Gasteiger partial charge in [0.05, 0.1) is 0 Å². The zero-order valence-electron chi connectivity index (χ0n) is 20.5. The summed E-state index contributed by atoms with van der Waals surface area (Å²) in [5.74, 6) is 0.588. The third-order valence-corrected chi connectivity index (χ3v) is 5.39. The van der Waals surface area contributed by atoms with Crippen molar-refractivity contribution in [1.29, 1.82) is 0 Å². The molecule has 0 heterocycles. The second-order valence-corrected chi connectivity index (χ2v) is 7.70. The fraction of sp³-hybridized carbons (Fsp3) is 0.367. The molecule has 1 unspecified atom stereocenters. The highest BCUT2D eigenvalue weighted by Gasteiger charge is 2.25. The maximum absolute atomic E-state index is 13.0. The van der Waals surface area contributed by atoms with E-state index < -0.39 is 0 Å². The van der Waals surface area contributed by atoms with Gasteiger partial charge in [-0.25, -0.2) is 0 Å². The molecule has 1 atom stereocenters. The molecule has 0 aliphatic heterocycles. The standard InChI is InChI=1S/C26H28O.2C2H6/c1-5-20-9-8-12-23(15-20)25-17-21(14-13-19(25)4)16-24(18(2)3)26(27)22-10-6-7-11-22;2*1-2/h5-6,8-15,17-18,24H,1,7,16H2,2-4H3;2*1-2H3. The van der Waals surface area contributed by atoms with Gasteiger partial charge < -0.3 is 0 Å². The van der Waals surface area contributed by atoms with Gasteiger partial charge in [0.2, 0.25) is 0 Å². The summed E-state index contributed by atoms with van der Waals surface area (Å²) in [5.41, 5.74) is 6.88. The molecule has 166 valence electrons. The molecular formula is C30H40O. The molecular weight excluding hydrogens is 376 g/mol. The van der Waals surface area contributed by atoms with Gasteiger partial charge in [-0.3, -0.25) is 4.79 Å². The molecule has 1 nitrogen and oxygen atoms in total. The van der Waals surface area contributed by atoms with Gasteiger partial charge in [-0.2, -0.15) is 0 Å². The Morgan fingerprint density at radius 3 is 2.35 bits per heavy atom. The number of allylic oxidation sites excluding steroid dienone is 4. The van der Waals surface area contributed by atoms with Crippen LogP contribution in [-0.2, 0) is 11.2 Å². The second-order valence-electron chi connectivity index (χ2n) is 7.70. The predicted octanol–water partition coefficient (Wildman–Crippen LogP) is 8.63. The van der Waals surface area contributed by atoms with Gasteiger partial charge >= 0.3 is 0 Å².